The summed E-state index contributed by atoms with van der Waals surface area (Å²) in [4.78, 5) is 55.7. The molecule has 58 heavy (non-hydrogen) atoms. The number of carboxylic acid groups (broad SMARTS) is 1. The van der Waals surface area contributed by atoms with Crippen molar-refractivity contribution in [2.45, 2.75) is 92.1 Å². The number of amides is 2. The van der Waals surface area contributed by atoms with Crippen molar-refractivity contribution in [1.29, 1.82) is 0 Å². The maximum absolute atomic E-state index is 13.5. The van der Waals surface area contributed by atoms with Gasteiger partial charge in [-0.2, -0.15) is 0 Å². The molecule has 0 aliphatic carbocycles. The first-order valence-corrected chi connectivity index (χ1v) is 19.0. The molecule has 0 bridgehead atoms. The number of methoxy groups -OCH3 is 1. The van der Waals surface area contributed by atoms with Crippen LogP contribution >= 0.6 is 0 Å². The van der Waals surface area contributed by atoms with Gasteiger partial charge in [-0.25, -0.2) is 24.2 Å². The number of fused-ring (bicyclic) bond motifs is 1. The molecule has 2 heterocycles. The number of aromatic carboxylic acids is 1. The average Bonchev–Trinajstić information content (AvgIpc) is 3.74. The second-order valence-electron chi connectivity index (χ2n) is 16.1. The molecular formula is C44H52N4O10. The number of hydrogen-bond acceptors (Lipinski definition) is 10. The number of oxazole rings is 1. The van der Waals surface area contributed by atoms with Crippen molar-refractivity contribution in [2.75, 3.05) is 13.7 Å². The van der Waals surface area contributed by atoms with Crippen LogP contribution < -0.4 is 15.4 Å². The third-order valence-corrected chi connectivity index (χ3v) is 8.84. The standard InChI is InChI=1S/C44H52N4O10/c1-26(2)35(47-41(52)55-25-27-15-11-10-12-16-27)38-46-36(39(49)50)33(56-38)23-28-17-13-19-31(37(28)54-9)30-18-14-20-32-34(30)29(21-22-45-40(51)57-43(3,4)5)24-48(32)42(53)58-44(6,7)8/h10-20,24,26,35H,21-23,25H2,1-9H3,(H,45,51)(H,47,52)(H,49,50)/t35-/m0/s1. The van der Waals surface area contributed by atoms with Crippen LogP contribution in [0.15, 0.2) is 77.3 Å². The maximum atomic E-state index is 13.5. The molecule has 0 aliphatic rings. The van der Waals surface area contributed by atoms with E-state index >= 15 is 0 Å². The lowest BCUT2D eigenvalue weighted by Crippen LogP contribution is -2.33. The van der Waals surface area contributed by atoms with Gasteiger partial charge in [0.25, 0.3) is 0 Å². The minimum atomic E-state index is -1.30. The van der Waals surface area contributed by atoms with Crippen LogP contribution in [0.4, 0.5) is 14.4 Å². The van der Waals surface area contributed by atoms with Gasteiger partial charge < -0.3 is 39.1 Å². The van der Waals surface area contributed by atoms with Gasteiger partial charge in [0, 0.05) is 35.7 Å². The number of nitrogens with zero attached hydrogens (tertiary/aromatic N) is 2. The number of rotatable bonds is 13. The van der Waals surface area contributed by atoms with E-state index in [9.17, 15) is 24.3 Å². The summed E-state index contributed by atoms with van der Waals surface area (Å²) in [5, 5.41) is 16.5. The van der Waals surface area contributed by atoms with Crippen molar-refractivity contribution in [1.82, 2.24) is 20.2 Å². The van der Waals surface area contributed by atoms with Crippen LogP contribution in [0.25, 0.3) is 22.0 Å². The molecule has 3 N–H and O–H groups in total. The lowest BCUT2D eigenvalue weighted by atomic mass is 9.94. The number of nitrogens with one attached hydrogen (secondary N) is 2. The van der Waals surface area contributed by atoms with Gasteiger partial charge in [0.15, 0.2) is 5.69 Å². The Balaban J connectivity index is 1.51. The summed E-state index contributed by atoms with van der Waals surface area (Å²) < 4.78 is 30.2. The largest absolute Gasteiger partial charge is 0.496 e. The van der Waals surface area contributed by atoms with E-state index in [0.29, 0.717) is 28.8 Å². The number of para-hydroxylation sites is 1. The first-order valence-electron chi connectivity index (χ1n) is 19.0. The fraction of sp³-hybridized carbons (Fsp3) is 0.386. The monoisotopic (exact) mass is 796 g/mol. The summed E-state index contributed by atoms with van der Waals surface area (Å²) in [6, 6.07) is 19.5. The van der Waals surface area contributed by atoms with Crippen LogP contribution in [0.2, 0.25) is 0 Å². The molecule has 0 fully saturated rings. The van der Waals surface area contributed by atoms with Crippen LogP contribution in [0.5, 0.6) is 5.75 Å². The summed E-state index contributed by atoms with van der Waals surface area (Å²) in [5.41, 5.74) is 2.39. The van der Waals surface area contributed by atoms with Gasteiger partial charge in [-0.3, -0.25) is 4.57 Å². The molecule has 14 heteroatoms. The molecular weight excluding hydrogens is 745 g/mol. The quantitative estimate of drug-likeness (QED) is 0.0968. The maximum Gasteiger partial charge on any atom is 0.419 e. The first-order chi connectivity index (χ1) is 27.3. The predicted octanol–water partition coefficient (Wildman–Crippen LogP) is 9.07. The van der Waals surface area contributed by atoms with Crippen molar-refractivity contribution >= 4 is 35.2 Å². The van der Waals surface area contributed by atoms with Crippen LogP contribution in [0, 0.1) is 5.92 Å². The van der Waals surface area contributed by atoms with Crippen molar-refractivity contribution in [3.8, 4) is 16.9 Å². The number of alkyl carbamates (subject to hydrolysis) is 2. The minimum Gasteiger partial charge on any atom is -0.496 e. The molecule has 0 saturated heterocycles. The van der Waals surface area contributed by atoms with Crippen LogP contribution in [-0.4, -0.2) is 63.8 Å². The van der Waals surface area contributed by atoms with E-state index in [1.165, 1.54) is 11.7 Å². The second-order valence-corrected chi connectivity index (χ2v) is 16.1. The van der Waals surface area contributed by atoms with Gasteiger partial charge in [-0.1, -0.05) is 74.5 Å². The first kappa shape index (κ1) is 42.8. The highest BCUT2D eigenvalue weighted by atomic mass is 16.6. The van der Waals surface area contributed by atoms with Gasteiger partial charge in [0.05, 0.1) is 12.6 Å². The summed E-state index contributed by atoms with van der Waals surface area (Å²) in [7, 11) is 1.52. The van der Waals surface area contributed by atoms with E-state index < -0.39 is 41.5 Å². The van der Waals surface area contributed by atoms with Gasteiger partial charge in [0.2, 0.25) is 5.89 Å². The molecule has 2 amide bonds. The van der Waals surface area contributed by atoms with Crippen molar-refractivity contribution in [3.63, 3.8) is 0 Å². The number of aromatic nitrogens is 2. The van der Waals surface area contributed by atoms with Crippen LogP contribution in [0.1, 0.15) is 100 Å². The Morgan fingerprint density at radius 2 is 1.52 bits per heavy atom. The Labute approximate surface area is 337 Å². The highest BCUT2D eigenvalue weighted by molar-refractivity contribution is 6.03. The third-order valence-electron chi connectivity index (χ3n) is 8.84. The van der Waals surface area contributed by atoms with Crippen LogP contribution in [0.3, 0.4) is 0 Å². The average molecular weight is 797 g/mol. The van der Waals surface area contributed by atoms with E-state index in [4.69, 9.17) is 23.4 Å². The van der Waals surface area contributed by atoms with E-state index in [1.807, 2.05) is 74.5 Å². The van der Waals surface area contributed by atoms with Gasteiger partial charge in [-0.05, 0) is 76.6 Å². The van der Waals surface area contributed by atoms with Gasteiger partial charge in [-0.15, -0.1) is 0 Å². The van der Waals surface area contributed by atoms with E-state index in [-0.39, 0.29) is 42.8 Å². The molecule has 2 aromatic heterocycles. The number of carbonyl (C=O) groups excluding carboxylic acids is 3. The highest BCUT2D eigenvalue weighted by Crippen LogP contribution is 2.40. The number of ether oxygens (including phenoxy) is 4. The zero-order valence-corrected chi connectivity index (χ0v) is 34.4. The molecule has 0 aliphatic heterocycles. The predicted molar refractivity (Wildman–Crippen MR) is 217 cm³/mol. The Bertz CT molecular complexity index is 2260. The fourth-order valence-electron chi connectivity index (χ4n) is 6.40. The second kappa shape index (κ2) is 17.9. The highest BCUT2D eigenvalue weighted by Gasteiger charge is 2.30. The number of carboxylic acids is 1. The summed E-state index contributed by atoms with van der Waals surface area (Å²) in [6.07, 6.45) is 0.203. The lowest BCUT2D eigenvalue weighted by Gasteiger charge is -2.20. The van der Waals surface area contributed by atoms with E-state index in [2.05, 4.69) is 15.6 Å². The molecule has 14 nitrogen and oxygen atoms in total. The smallest absolute Gasteiger partial charge is 0.419 e. The van der Waals surface area contributed by atoms with Gasteiger partial charge in [0.1, 0.15) is 35.4 Å². The summed E-state index contributed by atoms with van der Waals surface area (Å²) in [5.74, 6) is -1.02. The topological polar surface area (TPSA) is 180 Å². The van der Waals surface area contributed by atoms with Crippen molar-refractivity contribution < 1.29 is 47.6 Å². The van der Waals surface area contributed by atoms with Crippen molar-refractivity contribution in [2.24, 2.45) is 5.92 Å². The van der Waals surface area contributed by atoms with Crippen molar-refractivity contribution in [3.05, 3.63) is 107 Å². The Morgan fingerprint density at radius 3 is 2.16 bits per heavy atom. The minimum absolute atomic E-state index is 0.0174. The zero-order chi connectivity index (χ0) is 42.4. The normalized spacial score (nSPS) is 12.2. The lowest BCUT2D eigenvalue weighted by molar-refractivity contribution is 0.0520. The van der Waals surface area contributed by atoms with E-state index in [1.54, 1.807) is 53.8 Å². The molecule has 0 radical (unpaired) electrons. The molecule has 1 atom stereocenters. The molecule has 5 rings (SSSR count). The Hall–Kier alpha value is -6.31. The number of hydrogen-bond donors (Lipinski definition) is 3. The molecule has 0 saturated carbocycles. The Morgan fingerprint density at radius 1 is 0.845 bits per heavy atom. The van der Waals surface area contributed by atoms with E-state index in [0.717, 1.165) is 22.1 Å². The molecule has 0 unspecified atom stereocenters. The fourth-order valence-corrected chi connectivity index (χ4v) is 6.40. The van der Waals surface area contributed by atoms with Gasteiger partial charge >= 0.3 is 24.2 Å². The third kappa shape index (κ3) is 10.7. The molecule has 308 valence electrons. The number of benzene rings is 3. The summed E-state index contributed by atoms with van der Waals surface area (Å²) >= 11 is 0. The van der Waals surface area contributed by atoms with Crippen LogP contribution in [-0.2, 0) is 33.7 Å². The SMILES string of the molecule is COc1c(Cc2oc([C@@H](NC(=O)OCc3ccccc3)C(C)C)nc2C(=O)O)cccc1-c1cccc2c1c(CCNC(=O)OC(C)(C)C)cn2C(=O)OC(C)(C)C. The summed E-state index contributed by atoms with van der Waals surface area (Å²) in [6.45, 7) is 14.7. The molecule has 3 aromatic carbocycles. The zero-order valence-electron chi connectivity index (χ0n) is 34.4. The molecule has 5 aromatic rings. The Kier molecular flexibility index (Phi) is 13.2. The number of carbonyl (C=O) groups is 4. The molecule has 0 spiro atoms.